The van der Waals surface area contributed by atoms with Crippen molar-refractivity contribution >= 4 is 11.4 Å². The Morgan fingerprint density at radius 3 is 1.25 bits per heavy atom. The molecule has 2 heteroatoms. The number of rotatable bonds is 2. The van der Waals surface area contributed by atoms with E-state index >= 15 is 0 Å². The second-order valence-corrected chi connectivity index (χ2v) is 3.78. The van der Waals surface area contributed by atoms with Gasteiger partial charge in [0.2, 0.25) is 0 Å². The van der Waals surface area contributed by atoms with E-state index in [1.54, 1.807) is 0 Å². The summed E-state index contributed by atoms with van der Waals surface area (Å²) in [5, 5.41) is 4.52. The molecule has 2 rings (SSSR count). The Balaban J connectivity index is 0.00000128. The maximum atomic E-state index is 4.52. The van der Waals surface area contributed by atoms with Crippen molar-refractivity contribution in [1.82, 2.24) is 0 Å². The minimum absolute atomic E-state index is 0. The first-order valence-electron chi connectivity index (χ1n) is 5.09. The van der Waals surface area contributed by atoms with Crippen LogP contribution in [0.3, 0.4) is 0 Å². The van der Waals surface area contributed by atoms with E-state index < -0.39 is 0 Å². The first-order valence-corrected chi connectivity index (χ1v) is 5.09. The summed E-state index contributed by atoms with van der Waals surface area (Å²) < 4.78 is 0. The van der Waals surface area contributed by atoms with E-state index in [1.807, 2.05) is 24.3 Å². The number of hydrogen-bond donors (Lipinski definition) is 0. The molecule has 0 aliphatic heterocycles. The normalized spacial score (nSPS) is 9.38. The van der Waals surface area contributed by atoms with Gasteiger partial charge in [-0.15, -0.1) is 11.4 Å². The minimum atomic E-state index is 0. The second kappa shape index (κ2) is 6.09. The Labute approximate surface area is 119 Å². The van der Waals surface area contributed by atoms with Gasteiger partial charge < -0.3 is 5.32 Å². The molecule has 0 saturated carbocycles. The monoisotopic (exact) mass is 219 g/mol. The fraction of sp³-hybridized carbons (Fsp3) is 0.143. The molecular formula is C14H14NNa. The predicted molar refractivity (Wildman–Crippen MR) is 65.0 cm³/mol. The second-order valence-electron chi connectivity index (χ2n) is 3.78. The van der Waals surface area contributed by atoms with Crippen LogP contribution in [0.4, 0.5) is 11.4 Å². The molecule has 2 aromatic rings. The Morgan fingerprint density at radius 1 is 0.625 bits per heavy atom. The van der Waals surface area contributed by atoms with Crippen LogP contribution in [0.25, 0.3) is 5.32 Å². The van der Waals surface area contributed by atoms with Crippen molar-refractivity contribution in [3.05, 3.63) is 65.0 Å². The van der Waals surface area contributed by atoms with Gasteiger partial charge in [-0.05, 0) is 13.8 Å². The van der Waals surface area contributed by atoms with Gasteiger partial charge >= 0.3 is 29.6 Å². The molecule has 0 aliphatic carbocycles. The minimum Gasteiger partial charge on any atom is -0.658 e. The molecule has 1 nitrogen and oxygen atoms in total. The maximum absolute atomic E-state index is 4.52. The van der Waals surface area contributed by atoms with Crippen molar-refractivity contribution in [2.45, 2.75) is 13.8 Å². The zero-order valence-electron chi connectivity index (χ0n) is 10.1. The summed E-state index contributed by atoms with van der Waals surface area (Å²) in [6.45, 7) is 4.16. The average molecular weight is 219 g/mol. The number of nitrogens with zero attached hydrogens (tertiary/aromatic N) is 1. The van der Waals surface area contributed by atoms with Crippen molar-refractivity contribution in [1.29, 1.82) is 0 Å². The summed E-state index contributed by atoms with van der Waals surface area (Å²) in [4.78, 5) is 0. The summed E-state index contributed by atoms with van der Waals surface area (Å²) >= 11 is 0. The summed E-state index contributed by atoms with van der Waals surface area (Å²) in [6.07, 6.45) is 0. The topological polar surface area (TPSA) is 14.1 Å². The van der Waals surface area contributed by atoms with E-state index in [-0.39, 0.29) is 29.6 Å². The molecule has 0 saturated heterocycles. The molecule has 16 heavy (non-hydrogen) atoms. The molecule has 0 aliphatic rings. The van der Waals surface area contributed by atoms with Crippen molar-refractivity contribution in [2.75, 3.05) is 0 Å². The first kappa shape index (κ1) is 13.3. The molecular weight excluding hydrogens is 205 g/mol. The van der Waals surface area contributed by atoms with Gasteiger partial charge in [0, 0.05) is 0 Å². The van der Waals surface area contributed by atoms with Crippen LogP contribution < -0.4 is 29.6 Å². The van der Waals surface area contributed by atoms with Crippen molar-refractivity contribution < 1.29 is 29.6 Å². The van der Waals surface area contributed by atoms with E-state index in [0.29, 0.717) is 0 Å². The molecule has 2 aromatic carbocycles. The summed E-state index contributed by atoms with van der Waals surface area (Å²) in [5.41, 5.74) is 4.53. The third kappa shape index (κ3) is 3.67. The van der Waals surface area contributed by atoms with E-state index in [1.165, 1.54) is 11.1 Å². The Morgan fingerprint density at radius 2 is 0.938 bits per heavy atom. The van der Waals surface area contributed by atoms with E-state index in [2.05, 4.69) is 43.4 Å². The van der Waals surface area contributed by atoms with E-state index in [4.69, 9.17) is 0 Å². The molecule has 0 heterocycles. The van der Waals surface area contributed by atoms with Crippen molar-refractivity contribution in [3.63, 3.8) is 0 Å². The zero-order chi connectivity index (χ0) is 10.7. The van der Waals surface area contributed by atoms with E-state index in [0.717, 1.165) is 11.4 Å². The molecule has 0 radical (unpaired) electrons. The van der Waals surface area contributed by atoms with Gasteiger partial charge in [-0.25, -0.2) is 0 Å². The maximum Gasteiger partial charge on any atom is 1.00 e. The van der Waals surface area contributed by atoms with Gasteiger partial charge in [0.05, 0.1) is 0 Å². The molecule has 0 amide bonds. The largest absolute Gasteiger partial charge is 1.00 e. The predicted octanol–water partition coefficient (Wildman–Crippen LogP) is 1.64. The third-order valence-corrected chi connectivity index (χ3v) is 2.33. The van der Waals surface area contributed by atoms with Gasteiger partial charge in [0.25, 0.3) is 0 Å². The number of hydrogen-bond acceptors (Lipinski definition) is 0. The number of aryl methyl sites for hydroxylation is 2. The summed E-state index contributed by atoms with van der Waals surface area (Å²) in [6, 6.07) is 16.5. The standard InChI is InChI=1S/C14H14N.Na/c1-11-3-7-13(8-4-11)15-14-9-5-12(2)6-10-14;/h3-10H,1-2H3;/q-1;+1. The SMILES string of the molecule is Cc1ccc([N-]c2ccc(C)cc2)cc1.[Na+]. The van der Waals surface area contributed by atoms with Crippen LogP contribution in [0.2, 0.25) is 0 Å². The molecule has 0 atom stereocenters. The molecule has 76 valence electrons. The molecule has 0 unspecified atom stereocenters. The van der Waals surface area contributed by atoms with E-state index in [9.17, 15) is 0 Å². The fourth-order valence-corrected chi connectivity index (χ4v) is 1.39. The van der Waals surface area contributed by atoms with Crippen LogP contribution in [0.15, 0.2) is 48.5 Å². The summed E-state index contributed by atoms with van der Waals surface area (Å²) in [7, 11) is 0. The quantitative estimate of drug-likeness (QED) is 0.682. The first-order chi connectivity index (χ1) is 7.24. The molecule has 0 N–H and O–H groups in total. The van der Waals surface area contributed by atoms with Crippen LogP contribution >= 0.6 is 0 Å². The van der Waals surface area contributed by atoms with Crippen LogP contribution in [-0.2, 0) is 0 Å². The van der Waals surface area contributed by atoms with Gasteiger partial charge in [-0.3, -0.25) is 0 Å². The van der Waals surface area contributed by atoms with Gasteiger partial charge in [-0.1, -0.05) is 59.7 Å². The molecule has 0 bridgehead atoms. The van der Waals surface area contributed by atoms with Gasteiger partial charge in [0.15, 0.2) is 0 Å². The van der Waals surface area contributed by atoms with Crippen LogP contribution in [0.5, 0.6) is 0 Å². The van der Waals surface area contributed by atoms with Crippen molar-refractivity contribution in [2.24, 2.45) is 0 Å². The van der Waals surface area contributed by atoms with Gasteiger partial charge in [-0.2, -0.15) is 0 Å². The summed E-state index contributed by atoms with van der Waals surface area (Å²) in [5.74, 6) is 0. The molecule has 0 spiro atoms. The third-order valence-electron chi connectivity index (χ3n) is 2.33. The Kier molecular flexibility index (Phi) is 5.07. The van der Waals surface area contributed by atoms with Crippen LogP contribution in [-0.4, -0.2) is 0 Å². The van der Waals surface area contributed by atoms with Gasteiger partial charge in [0.1, 0.15) is 0 Å². The Bertz CT molecular complexity index is 388. The zero-order valence-corrected chi connectivity index (χ0v) is 12.1. The smallest absolute Gasteiger partial charge is 0.658 e. The van der Waals surface area contributed by atoms with Crippen LogP contribution in [0.1, 0.15) is 11.1 Å². The Hall–Kier alpha value is -0.760. The molecule has 0 fully saturated rings. The number of benzene rings is 2. The fourth-order valence-electron chi connectivity index (χ4n) is 1.39. The molecule has 0 aromatic heterocycles. The van der Waals surface area contributed by atoms with Crippen LogP contribution in [0, 0.1) is 13.8 Å². The average Bonchev–Trinajstić information content (AvgIpc) is 2.25. The van der Waals surface area contributed by atoms with Crippen molar-refractivity contribution in [3.8, 4) is 0 Å².